The molecule has 136 valence electrons. The van der Waals surface area contributed by atoms with Crippen molar-refractivity contribution in [1.82, 2.24) is 0 Å². The monoisotopic (exact) mass is 342 g/mol. The Morgan fingerprint density at radius 2 is 2.04 bits per heavy atom. The number of benzene rings is 1. The number of hydrogen-bond donors (Lipinski definition) is 0. The second-order valence-corrected chi connectivity index (χ2v) is 8.16. The minimum atomic E-state index is -0.168. The molecule has 5 atom stereocenters. The van der Waals surface area contributed by atoms with Crippen LogP contribution in [0.1, 0.15) is 56.6 Å². The molecule has 0 amide bonds. The fourth-order valence-electron chi connectivity index (χ4n) is 5.62. The fourth-order valence-corrected chi connectivity index (χ4v) is 5.62. The molecule has 25 heavy (non-hydrogen) atoms. The van der Waals surface area contributed by atoms with E-state index in [1.165, 1.54) is 37.0 Å². The number of ether oxygens (including phenoxy) is 3. The van der Waals surface area contributed by atoms with Gasteiger partial charge in [0.15, 0.2) is 6.29 Å². The molecule has 1 aromatic rings. The number of allylic oxidation sites excluding steroid dienone is 2. The van der Waals surface area contributed by atoms with Gasteiger partial charge in [-0.25, -0.2) is 0 Å². The van der Waals surface area contributed by atoms with Gasteiger partial charge in [-0.05, 0) is 86.1 Å². The lowest BCUT2D eigenvalue weighted by Crippen LogP contribution is -2.42. The standard InChI is InChI=1S/C22H30O3/c1-14(23-3)25-21-10-9-20-19-7-5-15-13-16(24-4)6-8-17(15)18(19)11-12-22(20,21)2/h6,8,10,13-14,18-20H,5,7,9,11-12H2,1-4H3/t14?,18-,19-,20+,22+/m1/s1. The summed E-state index contributed by atoms with van der Waals surface area (Å²) in [7, 11) is 3.47. The highest BCUT2D eigenvalue weighted by Crippen LogP contribution is 2.61. The van der Waals surface area contributed by atoms with Crippen LogP contribution >= 0.6 is 0 Å². The minimum absolute atomic E-state index is 0.168. The van der Waals surface area contributed by atoms with Crippen LogP contribution in [0.15, 0.2) is 30.0 Å². The van der Waals surface area contributed by atoms with Gasteiger partial charge in [-0.1, -0.05) is 13.0 Å². The summed E-state index contributed by atoms with van der Waals surface area (Å²) in [6.07, 6.45) is 8.22. The van der Waals surface area contributed by atoms with E-state index in [9.17, 15) is 0 Å². The molecule has 0 radical (unpaired) electrons. The van der Waals surface area contributed by atoms with Crippen LogP contribution in [0.2, 0.25) is 0 Å². The summed E-state index contributed by atoms with van der Waals surface area (Å²) >= 11 is 0. The van der Waals surface area contributed by atoms with Gasteiger partial charge in [0, 0.05) is 12.5 Å². The van der Waals surface area contributed by atoms with Crippen molar-refractivity contribution in [2.75, 3.05) is 14.2 Å². The van der Waals surface area contributed by atoms with Gasteiger partial charge in [0.05, 0.1) is 7.11 Å². The summed E-state index contributed by atoms with van der Waals surface area (Å²) in [5.74, 6) is 4.31. The molecule has 4 rings (SSSR count). The Morgan fingerprint density at radius 1 is 1.20 bits per heavy atom. The zero-order valence-corrected chi connectivity index (χ0v) is 15.9. The molecule has 0 N–H and O–H groups in total. The molecule has 0 heterocycles. The molecule has 3 aliphatic rings. The highest BCUT2D eigenvalue weighted by molar-refractivity contribution is 5.41. The molecule has 1 aromatic carbocycles. The maximum atomic E-state index is 6.13. The summed E-state index contributed by atoms with van der Waals surface area (Å²) in [6.45, 7) is 4.39. The van der Waals surface area contributed by atoms with Gasteiger partial charge in [-0.15, -0.1) is 0 Å². The van der Waals surface area contributed by atoms with E-state index in [-0.39, 0.29) is 11.7 Å². The number of fused-ring (bicyclic) bond motifs is 5. The van der Waals surface area contributed by atoms with Gasteiger partial charge < -0.3 is 14.2 Å². The van der Waals surface area contributed by atoms with Gasteiger partial charge in [0.2, 0.25) is 0 Å². The summed E-state index contributed by atoms with van der Waals surface area (Å²) in [5, 5.41) is 0. The van der Waals surface area contributed by atoms with E-state index in [2.05, 4.69) is 31.2 Å². The van der Waals surface area contributed by atoms with Gasteiger partial charge >= 0.3 is 0 Å². The van der Waals surface area contributed by atoms with Gasteiger partial charge in [0.25, 0.3) is 0 Å². The second kappa shape index (κ2) is 6.35. The lowest BCUT2D eigenvalue weighted by Gasteiger charge is -2.50. The van der Waals surface area contributed by atoms with Crippen molar-refractivity contribution < 1.29 is 14.2 Å². The van der Waals surface area contributed by atoms with Crippen LogP contribution in [-0.4, -0.2) is 20.5 Å². The first-order chi connectivity index (χ1) is 12.1. The molecular formula is C22H30O3. The lowest BCUT2D eigenvalue weighted by molar-refractivity contribution is -0.105. The summed E-state index contributed by atoms with van der Waals surface area (Å²) in [5.41, 5.74) is 3.25. The van der Waals surface area contributed by atoms with Crippen molar-refractivity contribution in [2.24, 2.45) is 17.3 Å². The van der Waals surface area contributed by atoms with E-state index in [1.54, 1.807) is 19.8 Å². The molecule has 0 saturated heterocycles. The van der Waals surface area contributed by atoms with Crippen LogP contribution in [0, 0.1) is 17.3 Å². The number of aryl methyl sites for hydroxylation is 1. The van der Waals surface area contributed by atoms with Crippen LogP contribution in [-0.2, 0) is 15.9 Å². The molecule has 0 bridgehead atoms. The van der Waals surface area contributed by atoms with E-state index >= 15 is 0 Å². The highest BCUT2D eigenvalue weighted by Gasteiger charge is 2.53. The number of methoxy groups -OCH3 is 2. The second-order valence-electron chi connectivity index (χ2n) is 8.16. The molecule has 0 spiro atoms. The van der Waals surface area contributed by atoms with Crippen molar-refractivity contribution in [2.45, 2.75) is 58.2 Å². The van der Waals surface area contributed by atoms with Crippen molar-refractivity contribution in [1.29, 1.82) is 0 Å². The van der Waals surface area contributed by atoms with Crippen molar-refractivity contribution >= 4 is 0 Å². The molecule has 3 aliphatic carbocycles. The van der Waals surface area contributed by atoms with Crippen LogP contribution < -0.4 is 4.74 Å². The Bertz CT molecular complexity index is 680. The Hall–Kier alpha value is -1.48. The summed E-state index contributed by atoms with van der Waals surface area (Å²) < 4.78 is 16.9. The maximum absolute atomic E-state index is 6.13. The first kappa shape index (κ1) is 17.0. The maximum Gasteiger partial charge on any atom is 0.196 e. The van der Waals surface area contributed by atoms with Crippen LogP contribution in [0.3, 0.4) is 0 Å². The first-order valence-electron chi connectivity index (χ1n) is 9.63. The first-order valence-corrected chi connectivity index (χ1v) is 9.63. The molecule has 1 saturated carbocycles. The van der Waals surface area contributed by atoms with Crippen molar-refractivity contribution in [3.05, 3.63) is 41.2 Å². The highest BCUT2D eigenvalue weighted by atomic mass is 16.7. The quantitative estimate of drug-likeness (QED) is 0.716. The molecule has 3 heteroatoms. The molecule has 1 unspecified atom stereocenters. The van der Waals surface area contributed by atoms with E-state index in [1.807, 2.05) is 6.92 Å². The van der Waals surface area contributed by atoms with E-state index in [4.69, 9.17) is 14.2 Å². The molecule has 0 aromatic heterocycles. The van der Waals surface area contributed by atoms with E-state index in [0.29, 0.717) is 11.8 Å². The van der Waals surface area contributed by atoms with E-state index < -0.39 is 0 Å². The number of rotatable bonds is 4. The fraction of sp³-hybridized carbons (Fsp3) is 0.636. The summed E-state index contributed by atoms with van der Waals surface area (Å²) in [6, 6.07) is 6.71. The third-order valence-electron chi connectivity index (χ3n) is 7.07. The molecule has 0 aliphatic heterocycles. The largest absolute Gasteiger partial charge is 0.497 e. The van der Waals surface area contributed by atoms with Gasteiger partial charge in [0.1, 0.15) is 11.5 Å². The Kier molecular flexibility index (Phi) is 4.31. The van der Waals surface area contributed by atoms with Gasteiger partial charge in [-0.3, -0.25) is 0 Å². The van der Waals surface area contributed by atoms with Crippen LogP contribution in [0.25, 0.3) is 0 Å². The van der Waals surface area contributed by atoms with Crippen molar-refractivity contribution in [3.8, 4) is 5.75 Å². The minimum Gasteiger partial charge on any atom is -0.497 e. The molecular weight excluding hydrogens is 312 g/mol. The topological polar surface area (TPSA) is 27.7 Å². The van der Waals surface area contributed by atoms with Crippen LogP contribution in [0.5, 0.6) is 5.75 Å². The predicted molar refractivity (Wildman–Crippen MR) is 98.6 cm³/mol. The Labute approximate surface area is 151 Å². The van der Waals surface area contributed by atoms with Gasteiger partial charge in [-0.2, -0.15) is 0 Å². The number of hydrogen-bond acceptors (Lipinski definition) is 3. The third-order valence-corrected chi connectivity index (χ3v) is 7.07. The Balaban J connectivity index is 1.58. The third kappa shape index (κ3) is 2.68. The molecule has 3 nitrogen and oxygen atoms in total. The lowest BCUT2D eigenvalue weighted by atomic mass is 9.55. The Morgan fingerprint density at radius 3 is 2.80 bits per heavy atom. The zero-order chi connectivity index (χ0) is 17.6. The average Bonchev–Trinajstić information content (AvgIpc) is 2.97. The normalized spacial score (nSPS) is 34.4. The van der Waals surface area contributed by atoms with E-state index in [0.717, 1.165) is 18.1 Å². The SMILES string of the molecule is COc1ccc2c(c1)CC[C@@H]1[C@@H]2CC[C@]2(C)C(OC(C)OC)=CC[C@@H]12. The smallest absolute Gasteiger partial charge is 0.196 e. The average molecular weight is 342 g/mol. The summed E-state index contributed by atoms with van der Waals surface area (Å²) in [4.78, 5) is 0. The van der Waals surface area contributed by atoms with Crippen molar-refractivity contribution in [3.63, 3.8) is 0 Å². The predicted octanol–water partition coefficient (Wildman–Crippen LogP) is 5.05. The molecule has 1 fully saturated rings. The van der Waals surface area contributed by atoms with Crippen LogP contribution in [0.4, 0.5) is 0 Å². The zero-order valence-electron chi connectivity index (χ0n) is 15.9.